The predicted octanol–water partition coefficient (Wildman–Crippen LogP) is 3.85. The average Bonchev–Trinajstić information content (AvgIpc) is 2.67. The Morgan fingerprint density at radius 2 is 0.905 bits per heavy atom. The first kappa shape index (κ1) is 37.0. The van der Waals surface area contributed by atoms with Crippen LogP contribution in [0.5, 0.6) is 0 Å². The molecule has 11 heteroatoms. The molecule has 237 valence electrons. The van der Waals surface area contributed by atoms with Crippen molar-refractivity contribution >= 4 is 23.9 Å². The first-order chi connectivity index (χ1) is 18.9. The van der Waals surface area contributed by atoms with E-state index in [1.165, 1.54) is 0 Å². The highest BCUT2D eigenvalue weighted by Crippen LogP contribution is 2.14. The fraction of sp³-hybridized carbons (Fsp3) is 0.710. The average molecular weight is 593 g/mol. The first-order valence-corrected chi connectivity index (χ1v) is 14.1. The molecular formula is C31H50N3O8. The van der Waals surface area contributed by atoms with Gasteiger partial charge in [0.25, 0.3) is 0 Å². The van der Waals surface area contributed by atoms with Gasteiger partial charge in [-0.05, 0) is 89.2 Å². The molecule has 42 heavy (non-hydrogen) atoms. The third-order valence-corrected chi connectivity index (χ3v) is 4.65. The number of ether oxygens (including phenoxy) is 4. The van der Waals surface area contributed by atoms with Gasteiger partial charge in [-0.15, -0.1) is 0 Å². The Morgan fingerprint density at radius 1 is 0.595 bits per heavy atom. The van der Waals surface area contributed by atoms with Crippen molar-refractivity contribution < 1.29 is 38.1 Å². The molecule has 0 N–H and O–H groups in total. The zero-order chi connectivity index (χ0) is 32.5. The molecule has 0 aromatic carbocycles. The second kappa shape index (κ2) is 14.9. The molecule has 1 aromatic heterocycles. The van der Waals surface area contributed by atoms with E-state index in [0.717, 1.165) is 0 Å². The summed E-state index contributed by atoms with van der Waals surface area (Å²) in [5, 5.41) is 0. The molecule has 0 spiro atoms. The van der Waals surface area contributed by atoms with Crippen molar-refractivity contribution in [3.8, 4) is 0 Å². The van der Waals surface area contributed by atoms with E-state index >= 15 is 0 Å². The highest BCUT2D eigenvalue weighted by Gasteiger charge is 2.26. The number of nitrogens with zero attached hydrogens (tertiary/aromatic N) is 3. The van der Waals surface area contributed by atoms with Crippen LogP contribution >= 0.6 is 0 Å². The zero-order valence-electron chi connectivity index (χ0n) is 27.5. The summed E-state index contributed by atoms with van der Waals surface area (Å²) in [4.78, 5) is 58.2. The SMILES string of the molecule is CC(C)(C)OC(=O)CN(CC(=O)OC(C)(C)C)Cc1[c]ccc(CN(CC(=O)OC(C)(C)C)CC(=O)OC(C)(C)C)n1. The Hall–Kier alpha value is -3.05. The van der Waals surface area contributed by atoms with Gasteiger partial charge in [0.05, 0.1) is 37.6 Å². The molecule has 0 aliphatic rings. The molecule has 0 saturated heterocycles. The van der Waals surface area contributed by atoms with Crippen LogP contribution < -0.4 is 0 Å². The molecule has 0 bridgehead atoms. The van der Waals surface area contributed by atoms with Gasteiger partial charge in [-0.25, -0.2) is 0 Å². The van der Waals surface area contributed by atoms with Crippen LogP contribution in [0.3, 0.4) is 0 Å². The monoisotopic (exact) mass is 592 g/mol. The summed E-state index contributed by atoms with van der Waals surface area (Å²) in [5.74, 6) is -1.98. The van der Waals surface area contributed by atoms with Crippen LogP contribution in [-0.2, 0) is 51.2 Å². The Bertz CT molecular complexity index is 934. The fourth-order valence-corrected chi connectivity index (χ4v) is 3.65. The van der Waals surface area contributed by atoms with Crippen LogP contribution in [0.15, 0.2) is 12.1 Å². The van der Waals surface area contributed by atoms with E-state index in [9.17, 15) is 19.2 Å². The maximum absolute atomic E-state index is 12.6. The van der Waals surface area contributed by atoms with E-state index in [1.807, 2.05) is 0 Å². The van der Waals surface area contributed by atoms with Crippen molar-refractivity contribution in [1.82, 2.24) is 14.8 Å². The van der Waals surface area contributed by atoms with E-state index in [0.29, 0.717) is 11.4 Å². The van der Waals surface area contributed by atoms with Crippen LogP contribution in [0.25, 0.3) is 0 Å². The van der Waals surface area contributed by atoms with Gasteiger partial charge in [-0.3, -0.25) is 34.0 Å². The largest absolute Gasteiger partial charge is 0.459 e. The van der Waals surface area contributed by atoms with E-state index in [1.54, 1.807) is 105 Å². The molecule has 0 aliphatic carbocycles. The Kier molecular flexibility index (Phi) is 13.1. The number of pyridine rings is 1. The lowest BCUT2D eigenvalue weighted by molar-refractivity contribution is -0.162. The van der Waals surface area contributed by atoms with Crippen LogP contribution in [0.1, 0.15) is 94.5 Å². The highest BCUT2D eigenvalue weighted by molar-refractivity contribution is 5.76. The number of carbonyl (C=O) groups excluding carboxylic acids is 4. The fourth-order valence-electron chi connectivity index (χ4n) is 3.65. The van der Waals surface area contributed by atoms with E-state index < -0.39 is 46.3 Å². The van der Waals surface area contributed by atoms with E-state index in [4.69, 9.17) is 18.9 Å². The van der Waals surface area contributed by atoms with Gasteiger partial charge in [0, 0.05) is 19.2 Å². The van der Waals surface area contributed by atoms with Crippen molar-refractivity contribution in [2.45, 2.75) is 119 Å². The van der Waals surface area contributed by atoms with Gasteiger partial charge in [0.1, 0.15) is 22.4 Å². The van der Waals surface area contributed by atoms with Crippen molar-refractivity contribution in [2.24, 2.45) is 0 Å². The summed E-state index contributed by atoms with van der Waals surface area (Å²) in [6, 6.07) is 6.42. The lowest BCUT2D eigenvalue weighted by Gasteiger charge is -2.27. The number of carbonyl (C=O) groups is 4. The molecule has 0 aliphatic heterocycles. The standard InChI is InChI=1S/C31H50N3O8/c1-28(2,3)39-24(35)18-33(19-25(36)40-29(4,5)6)16-22-14-13-15-23(32-22)17-34(20-26(37)41-30(7,8)9)21-27(38)42-31(10,11)12/h13-14H,16-21H2,1-12H3. The van der Waals surface area contributed by atoms with Gasteiger partial charge >= 0.3 is 23.9 Å². The smallest absolute Gasteiger partial charge is 0.320 e. The lowest BCUT2D eigenvalue weighted by Crippen LogP contribution is -2.40. The van der Waals surface area contributed by atoms with Crippen LogP contribution in [0.4, 0.5) is 0 Å². The van der Waals surface area contributed by atoms with Gasteiger partial charge in [-0.1, -0.05) is 6.07 Å². The molecule has 0 saturated carbocycles. The number of hydrogen-bond acceptors (Lipinski definition) is 11. The molecule has 0 amide bonds. The second-order valence-electron chi connectivity index (χ2n) is 14.2. The minimum atomic E-state index is -0.690. The molecule has 0 unspecified atom stereocenters. The molecular weight excluding hydrogens is 542 g/mol. The maximum atomic E-state index is 12.6. The van der Waals surface area contributed by atoms with Gasteiger partial charge in [0.2, 0.25) is 0 Å². The molecule has 1 aromatic rings. The van der Waals surface area contributed by atoms with Crippen LogP contribution in [-0.4, -0.2) is 87.2 Å². The van der Waals surface area contributed by atoms with Gasteiger partial charge < -0.3 is 18.9 Å². The van der Waals surface area contributed by atoms with Gasteiger partial charge in [-0.2, -0.15) is 0 Å². The Balaban J connectivity index is 3.16. The zero-order valence-corrected chi connectivity index (χ0v) is 27.5. The van der Waals surface area contributed by atoms with Crippen molar-refractivity contribution in [1.29, 1.82) is 0 Å². The first-order valence-electron chi connectivity index (χ1n) is 14.1. The number of esters is 4. The molecule has 11 nitrogen and oxygen atoms in total. The molecule has 1 heterocycles. The topological polar surface area (TPSA) is 125 Å². The summed E-state index contributed by atoms with van der Waals surface area (Å²) in [6.07, 6.45) is 0. The summed E-state index contributed by atoms with van der Waals surface area (Å²) in [7, 11) is 0. The number of rotatable bonds is 12. The van der Waals surface area contributed by atoms with Crippen LogP contribution in [0.2, 0.25) is 0 Å². The van der Waals surface area contributed by atoms with Crippen LogP contribution in [0, 0.1) is 6.07 Å². The Morgan fingerprint density at radius 3 is 1.21 bits per heavy atom. The molecule has 1 radical (unpaired) electrons. The van der Waals surface area contributed by atoms with Crippen molar-refractivity contribution in [2.75, 3.05) is 26.2 Å². The van der Waals surface area contributed by atoms with Gasteiger partial charge in [0.15, 0.2) is 0 Å². The summed E-state index contributed by atoms with van der Waals surface area (Å²) in [5.41, 5.74) is -1.75. The van der Waals surface area contributed by atoms with E-state index in [2.05, 4.69) is 11.1 Å². The minimum Gasteiger partial charge on any atom is -0.459 e. The number of hydrogen-bond donors (Lipinski definition) is 0. The van der Waals surface area contributed by atoms with E-state index in [-0.39, 0.29) is 39.3 Å². The highest BCUT2D eigenvalue weighted by atomic mass is 16.6. The quantitative estimate of drug-likeness (QED) is 0.260. The summed E-state index contributed by atoms with van der Waals surface area (Å²) >= 11 is 0. The maximum Gasteiger partial charge on any atom is 0.320 e. The Labute approximate surface area is 251 Å². The lowest BCUT2D eigenvalue weighted by atomic mass is 10.2. The number of aromatic nitrogens is 1. The minimum absolute atomic E-state index is 0.102. The third kappa shape index (κ3) is 18.4. The third-order valence-electron chi connectivity index (χ3n) is 4.65. The predicted molar refractivity (Wildman–Crippen MR) is 157 cm³/mol. The van der Waals surface area contributed by atoms with Crippen molar-refractivity contribution in [3.05, 3.63) is 29.6 Å². The summed E-state index contributed by atoms with van der Waals surface area (Å²) in [6.45, 7) is 20.8. The second-order valence-corrected chi connectivity index (χ2v) is 14.2. The molecule has 0 atom stereocenters. The summed E-state index contributed by atoms with van der Waals surface area (Å²) < 4.78 is 21.8. The van der Waals surface area contributed by atoms with Crippen molar-refractivity contribution in [3.63, 3.8) is 0 Å². The normalized spacial score (nSPS) is 12.7. The molecule has 1 rings (SSSR count). The molecule has 0 fully saturated rings.